The highest BCUT2D eigenvalue weighted by Crippen LogP contribution is 2.41. The first-order valence-electron chi connectivity index (χ1n) is 11.3. The molecule has 0 bridgehead atoms. The van der Waals surface area contributed by atoms with Gasteiger partial charge in [-0.3, -0.25) is 9.69 Å². The molecule has 0 amide bonds. The molecular formula is C28H27NO3S. The molecule has 5 heteroatoms. The summed E-state index contributed by atoms with van der Waals surface area (Å²) in [5.41, 5.74) is 4.52. The lowest BCUT2D eigenvalue weighted by Gasteiger charge is -2.17. The Morgan fingerprint density at radius 2 is 1.79 bits per heavy atom. The Balaban J connectivity index is 1.59. The molecule has 1 aliphatic rings. The van der Waals surface area contributed by atoms with Crippen molar-refractivity contribution < 1.29 is 14.6 Å². The molecule has 4 nitrogen and oxygen atoms in total. The molecule has 1 saturated heterocycles. The molecule has 33 heavy (non-hydrogen) atoms. The largest absolute Gasteiger partial charge is 0.508 e. The average molecular weight is 458 g/mol. The first kappa shape index (κ1) is 21.7. The van der Waals surface area contributed by atoms with Gasteiger partial charge < -0.3 is 9.84 Å². The Morgan fingerprint density at radius 3 is 2.52 bits per heavy atom. The Kier molecular flexibility index (Phi) is 5.92. The summed E-state index contributed by atoms with van der Waals surface area (Å²) in [6, 6.07) is 19.1. The summed E-state index contributed by atoms with van der Waals surface area (Å²) >= 11 is 1.61. The molecule has 1 aliphatic heterocycles. The Morgan fingerprint density at radius 1 is 1.03 bits per heavy atom. The topological polar surface area (TPSA) is 49.8 Å². The van der Waals surface area contributed by atoms with Gasteiger partial charge in [-0.1, -0.05) is 24.3 Å². The van der Waals surface area contributed by atoms with Gasteiger partial charge in [-0.15, -0.1) is 11.3 Å². The number of ketones is 1. The van der Waals surface area contributed by atoms with E-state index in [-0.39, 0.29) is 11.5 Å². The molecular weight excluding hydrogens is 430 g/mol. The summed E-state index contributed by atoms with van der Waals surface area (Å²) in [5, 5.41) is 10.7. The van der Waals surface area contributed by atoms with Crippen molar-refractivity contribution in [2.45, 2.75) is 26.3 Å². The maximum absolute atomic E-state index is 13.9. The summed E-state index contributed by atoms with van der Waals surface area (Å²) in [4.78, 5) is 17.2. The summed E-state index contributed by atoms with van der Waals surface area (Å²) in [6.07, 6.45) is 2.48. The van der Waals surface area contributed by atoms with Crippen molar-refractivity contribution in [3.8, 4) is 21.9 Å². The Labute approximate surface area is 198 Å². The second kappa shape index (κ2) is 9.00. The lowest BCUT2D eigenvalue weighted by Crippen LogP contribution is -2.19. The van der Waals surface area contributed by atoms with Gasteiger partial charge in [0, 0.05) is 38.2 Å². The van der Waals surface area contributed by atoms with Crippen LogP contribution in [0.5, 0.6) is 11.5 Å². The average Bonchev–Trinajstić information content (AvgIpc) is 3.46. The number of rotatable bonds is 6. The highest BCUT2D eigenvalue weighted by atomic mass is 32.1. The van der Waals surface area contributed by atoms with Gasteiger partial charge >= 0.3 is 0 Å². The van der Waals surface area contributed by atoms with Crippen molar-refractivity contribution in [2.24, 2.45) is 0 Å². The molecule has 1 N–H and O–H groups in total. The lowest BCUT2D eigenvalue weighted by atomic mass is 9.96. The number of likely N-dealkylation sites (tertiary alicyclic amines) is 1. The van der Waals surface area contributed by atoms with Gasteiger partial charge in [0.25, 0.3) is 0 Å². The van der Waals surface area contributed by atoms with E-state index >= 15 is 0 Å². The number of nitrogens with zero attached hydrogens (tertiary/aromatic N) is 1. The van der Waals surface area contributed by atoms with E-state index in [1.165, 1.54) is 12.8 Å². The van der Waals surface area contributed by atoms with Gasteiger partial charge in [-0.25, -0.2) is 0 Å². The minimum absolute atomic E-state index is 0.0146. The van der Waals surface area contributed by atoms with Crippen LogP contribution in [-0.2, 0) is 6.54 Å². The highest BCUT2D eigenvalue weighted by molar-refractivity contribution is 7.22. The molecule has 1 aromatic heterocycles. The van der Waals surface area contributed by atoms with Crippen LogP contribution in [0.15, 0.2) is 60.7 Å². The number of methoxy groups -OCH3 is 1. The standard InChI is InChI=1S/C28H27NO3S/c1-18-5-12-23-25(15-18)33-28(19-8-10-22(30)11-9-19)26(23)27(31)20-6-7-21(24(16-20)32-2)17-29-13-3-4-14-29/h5-12,15-16,30H,3-4,13-14,17H2,1-2H3. The first-order valence-corrected chi connectivity index (χ1v) is 12.1. The van der Waals surface area contributed by atoms with Gasteiger partial charge in [0.1, 0.15) is 11.5 Å². The molecule has 3 aromatic carbocycles. The van der Waals surface area contributed by atoms with Crippen LogP contribution < -0.4 is 4.74 Å². The number of carbonyl (C=O) groups excluding carboxylic acids is 1. The number of benzene rings is 3. The van der Waals surface area contributed by atoms with Crippen LogP contribution in [-0.4, -0.2) is 36.0 Å². The van der Waals surface area contributed by atoms with E-state index in [2.05, 4.69) is 17.9 Å². The van der Waals surface area contributed by atoms with Crippen molar-refractivity contribution >= 4 is 27.2 Å². The van der Waals surface area contributed by atoms with Crippen LogP contribution in [0.4, 0.5) is 0 Å². The summed E-state index contributed by atoms with van der Waals surface area (Å²) in [6.45, 7) is 5.13. The van der Waals surface area contributed by atoms with E-state index < -0.39 is 0 Å². The molecule has 0 radical (unpaired) electrons. The fourth-order valence-corrected chi connectivity index (χ4v) is 5.89. The minimum atomic E-state index is -0.0146. The van der Waals surface area contributed by atoms with Crippen molar-refractivity contribution in [3.05, 3.63) is 82.9 Å². The normalized spacial score (nSPS) is 14.1. The number of thiophene rings is 1. The predicted molar refractivity (Wildman–Crippen MR) is 135 cm³/mol. The molecule has 0 unspecified atom stereocenters. The van der Waals surface area contributed by atoms with Gasteiger partial charge in [0.2, 0.25) is 0 Å². The van der Waals surface area contributed by atoms with Crippen LogP contribution in [0.1, 0.15) is 39.9 Å². The smallest absolute Gasteiger partial charge is 0.195 e. The zero-order valence-electron chi connectivity index (χ0n) is 18.9. The van der Waals surface area contributed by atoms with Crippen LogP contribution in [0.25, 0.3) is 20.5 Å². The Hall–Kier alpha value is -3.15. The van der Waals surface area contributed by atoms with E-state index in [9.17, 15) is 9.90 Å². The molecule has 1 fully saturated rings. The van der Waals surface area contributed by atoms with E-state index in [0.29, 0.717) is 11.1 Å². The molecule has 0 aliphatic carbocycles. The summed E-state index contributed by atoms with van der Waals surface area (Å²) in [5.74, 6) is 0.954. The summed E-state index contributed by atoms with van der Waals surface area (Å²) < 4.78 is 6.77. The molecule has 4 aromatic rings. The number of hydrogen-bond donors (Lipinski definition) is 1. The van der Waals surface area contributed by atoms with Crippen molar-refractivity contribution in [1.29, 1.82) is 0 Å². The van der Waals surface area contributed by atoms with Crippen LogP contribution in [0.2, 0.25) is 0 Å². The number of hydrogen-bond acceptors (Lipinski definition) is 5. The SMILES string of the molecule is COc1cc(C(=O)c2c(-c3ccc(O)cc3)sc3cc(C)ccc23)ccc1CN1CCCC1. The molecule has 2 heterocycles. The zero-order valence-corrected chi connectivity index (χ0v) is 19.7. The number of aromatic hydroxyl groups is 1. The van der Waals surface area contributed by atoms with Gasteiger partial charge in [0.05, 0.1) is 7.11 Å². The number of phenols is 1. The molecule has 0 saturated carbocycles. The van der Waals surface area contributed by atoms with E-state index in [1.807, 2.05) is 42.5 Å². The van der Waals surface area contributed by atoms with Gasteiger partial charge in [-0.05, 0) is 80.4 Å². The maximum Gasteiger partial charge on any atom is 0.195 e. The lowest BCUT2D eigenvalue weighted by molar-refractivity contribution is 0.104. The third-order valence-corrected chi connectivity index (χ3v) is 7.55. The predicted octanol–water partition coefficient (Wildman–Crippen LogP) is 6.42. The van der Waals surface area contributed by atoms with Crippen molar-refractivity contribution in [1.82, 2.24) is 4.90 Å². The number of ether oxygens (including phenoxy) is 1. The fourth-order valence-electron chi connectivity index (χ4n) is 4.59. The molecule has 5 rings (SSSR count). The second-order valence-corrected chi connectivity index (χ2v) is 9.74. The third-order valence-electron chi connectivity index (χ3n) is 6.34. The number of carbonyl (C=O) groups is 1. The minimum Gasteiger partial charge on any atom is -0.508 e. The van der Waals surface area contributed by atoms with Crippen LogP contribution >= 0.6 is 11.3 Å². The maximum atomic E-state index is 13.9. The first-order chi connectivity index (χ1) is 16.0. The van der Waals surface area contributed by atoms with Gasteiger partial charge in [-0.2, -0.15) is 0 Å². The number of phenolic OH excluding ortho intramolecular Hbond substituents is 1. The van der Waals surface area contributed by atoms with Crippen molar-refractivity contribution in [3.63, 3.8) is 0 Å². The number of aryl methyl sites for hydroxylation is 1. The van der Waals surface area contributed by atoms with E-state index in [1.54, 1.807) is 30.6 Å². The monoisotopic (exact) mass is 457 g/mol. The quantitative estimate of drug-likeness (QED) is 0.340. The van der Waals surface area contributed by atoms with E-state index in [0.717, 1.165) is 57.0 Å². The second-order valence-electron chi connectivity index (χ2n) is 8.69. The van der Waals surface area contributed by atoms with E-state index in [4.69, 9.17) is 4.74 Å². The molecule has 168 valence electrons. The molecule has 0 atom stereocenters. The van der Waals surface area contributed by atoms with Crippen LogP contribution in [0, 0.1) is 6.92 Å². The third kappa shape index (κ3) is 4.26. The highest BCUT2D eigenvalue weighted by Gasteiger charge is 2.23. The van der Waals surface area contributed by atoms with Crippen molar-refractivity contribution in [2.75, 3.05) is 20.2 Å². The van der Waals surface area contributed by atoms with Gasteiger partial charge in [0.15, 0.2) is 5.78 Å². The Bertz CT molecular complexity index is 1320. The summed E-state index contributed by atoms with van der Waals surface area (Å²) in [7, 11) is 1.67. The molecule has 0 spiro atoms. The van der Waals surface area contributed by atoms with Crippen LogP contribution in [0.3, 0.4) is 0 Å². The number of fused-ring (bicyclic) bond motifs is 1. The fraction of sp³-hybridized carbons (Fsp3) is 0.250. The zero-order chi connectivity index (χ0) is 22.9.